The van der Waals surface area contributed by atoms with Gasteiger partial charge in [0, 0.05) is 10.9 Å². The van der Waals surface area contributed by atoms with E-state index in [1.807, 2.05) is 0 Å². The molecule has 3 heteroatoms. The fourth-order valence-electron chi connectivity index (χ4n) is 3.43. The molecule has 0 saturated carbocycles. The predicted octanol–water partition coefficient (Wildman–Crippen LogP) is 3.84. The fourth-order valence-corrected chi connectivity index (χ4v) is 5.07. The van der Waals surface area contributed by atoms with Gasteiger partial charge in [-0.05, 0) is 61.9 Å². The Kier molecular flexibility index (Phi) is 6.43. The normalized spacial score (nSPS) is 18.2. The Morgan fingerprint density at radius 1 is 1.19 bits per heavy atom. The van der Waals surface area contributed by atoms with E-state index in [0.29, 0.717) is 6.04 Å². The lowest BCUT2D eigenvalue weighted by Crippen LogP contribution is -2.41. The third-order valence-corrected chi connectivity index (χ3v) is 6.42. The highest BCUT2D eigenvalue weighted by atomic mass is 32.2. The van der Waals surface area contributed by atoms with Crippen molar-refractivity contribution in [3.05, 3.63) is 29.3 Å². The van der Waals surface area contributed by atoms with Gasteiger partial charge in [-0.1, -0.05) is 33.3 Å². The minimum Gasteiger partial charge on any atom is -0.313 e. The Morgan fingerprint density at radius 2 is 1.95 bits per heavy atom. The van der Waals surface area contributed by atoms with Crippen molar-refractivity contribution < 1.29 is 4.21 Å². The number of hydrogen-bond donors (Lipinski definition) is 1. The minimum absolute atomic E-state index is 0.212. The Labute approximate surface area is 132 Å². The van der Waals surface area contributed by atoms with Crippen LogP contribution in [-0.2, 0) is 23.6 Å². The van der Waals surface area contributed by atoms with Crippen LogP contribution in [0.4, 0.5) is 0 Å². The first-order valence-electron chi connectivity index (χ1n) is 8.47. The van der Waals surface area contributed by atoms with E-state index in [9.17, 15) is 4.21 Å². The lowest BCUT2D eigenvalue weighted by atomic mass is 10.1. The number of aryl methyl sites for hydroxylation is 2. The molecule has 0 spiro atoms. The second-order valence-electron chi connectivity index (χ2n) is 5.98. The first kappa shape index (κ1) is 16.7. The van der Waals surface area contributed by atoms with Gasteiger partial charge >= 0.3 is 0 Å². The third-order valence-electron chi connectivity index (χ3n) is 4.49. The summed E-state index contributed by atoms with van der Waals surface area (Å²) < 4.78 is 13.0. The molecule has 0 heterocycles. The Balaban J connectivity index is 2.18. The zero-order valence-corrected chi connectivity index (χ0v) is 14.5. The molecule has 1 N–H and O–H groups in total. The van der Waals surface area contributed by atoms with Crippen LogP contribution in [0.3, 0.4) is 0 Å². The molecule has 1 aromatic carbocycles. The van der Waals surface area contributed by atoms with E-state index in [0.717, 1.165) is 37.1 Å². The number of nitrogens with one attached hydrogen (secondary N) is 1. The molecule has 3 atom stereocenters. The number of rotatable bonds is 8. The van der Waals surface area contributed by atoms with E-state index in [2.05, 4.69) is 44.3 Å². The summed E-state index contributed by atoms with van der Waals surface area (Å²) in [5, 5.41) is 3.76. The maximum Gasteiger partial charge on any atom is 0.0576 e. The molecule has 0 amide bonds. The average molecular weight is 308 g/mol. The molecule has 2 nitrogen and oxygen atoms in total. The molecule has 0 fully saturated rings. The van der Waals surface area contributed by atoms with Crippen LogP contribution >= 0.6 is 0 Å². The molecule has 0 saturated heterocycles. The highest BCUT2D eigenvalue weighted by Crippen LogP contribution is 2.26. The van der Waals surface area contributed by atoms with E-state index in [1.165, 1.54) is 24.0 Å². The van der Waals surface area contributed by atoms with Gasteiger partial charge in [-0.15, -0.1) is 0 Å². The Morgan fingerprint density at radius 3 is 2.62 bits per heavy atom. The van der Waals surface area contributed by atoms with Crippen LogP contribution in [-0.4, -0.2) is 22.0 Å². The molecule has 2 rings (SSSR count). The second-order valence-corrected chi connectivity index (χ2v) is 7.65. The maximum atomic E-state index is 13.0. The number of fused-ring (bicyclic) bond motifs is 1. The summed E-state index contributed by atoms with van der Waals surface area (Å²) in [6.07, 6.45) is 6.79. The summed E-state index contributed by atoms with van der Waals surface area (Å²) >= 11 is 0. The van der Waals surface area contributed by atoms with Gasteiger partial charge < -0.3 is 5.32 Å². The van der Waals surface area contributed by atoms with E-state index in [4.69, 9.17) is 0 Å². The first-order chi connectivity index (χ1) is 10.2. The standard InChI is InChI=1S/C18H29NOS/c1-4-8-17(19-6-3)18(5-2)21(20)16-12-11-14-9-7-10-15(14)13-16/h11-13,17-19H,4-10H2,1-3H3. The van der Waals surface area contributed by atoms with Gasteiger partial charge in [0.25, 0.3) is 0 Å². The van der Waals surface area contributed by atoms with Crippen LogP contribution in [0.1, 0.15) is 57.6 Å². The van der Waals surface area contributed by atoms with Gasteiger partial charge in [0.2, 0.25) is 0 Å². The first-order valence-corrected chi connectivity index (χ1v) is 9.68. The van der Waals surface area contributed by atoms with Crippen LogP contribution in [0.15, 0.2) is 23.1 Å². The van der Waals surface area contributed by atoms with E-state index < -0.39 is 10.8 Å². The molecule has 0 aromatic heterocycles. The van der Waals surface area contributed by atoms with E-state index in [-0.39, 0.29) is 5.25 Å². The molecular formula is C18H29NOS. The SMILES string of the molecule is CCCC(NCC)C(CC)S(=O)c1ccc2c(c1)CCC2. The summed E-state index contributed by atoms with van der Waals surface area (Å²) in [6, 6.07) is 6.86. The Hall–Kier alpha value is -0.670. The predicted molar refractivity (Wildman–Crippen MR) is 91.3 cm³/mol. The van der Waals surface area contributed by atoms with Gasteiger partial charge in [0.1, 0.15) is 0 Å². The fraction of sp³-hybridized carbons (Fsp3) is 0.667. The highest BCUT2D eigenvalue weighted by Gasteiger charge is 2.26. The second kappa shape index (κ2) is 8.09. The summed E-state index contributed by atoms with van der Waals surface area (Å²) in [4.78, 5) is 1.03. The van der Waals surface area contributed by atoms with Crippen molar-refractivity contribution in [2.24, 2.45) is 0 Å². The van der Waals surface area contributed by atoms with Gasteiger partial charge in [-0.2, -0.15) is 0 Å². The summed E-state index contributed by atoms with van der Waals surface area (Å²) in [5.74, 6) is 0. The van der Waals surface area contributed by atoms with Crippen molar-refractivity contribution in [3.63, 3.8) is 0 Å². The number of hydrogen-bond acceptors (Lipinski definition) is 2. The van der Waals surface area contributed by atoms with Crippen LogP contribution < -0.4 is 5.32 Å². The van der Waals surface area contributed by atoms with Crippen molar-refractivity contribution in [3.8, 4) is 0 Å². The Bertz CT molecular complexity index is 480. The zero-order valence-electron chi connectivity index (χ0n) is 13.7. The third kappa shape index (κ3) is 3.95. The summed E-state index contributed by atoms with van der Waals surface area (Å²) in [6.45, 7) is 7.45. The molecule has 118 valence electrons. The van der Waals surface area contributed by atoms with Crippen LogP contribution in [0, 0.1) is 0 Å². The van der Waals surface area contributed by atoms with Crippen molar-refractivity contribution in [1.29, 1.82) is 0 Å². The van der Waals surface area contributed by atoms with Crippen molar-refractivity contribution in [1.82, 2.24) is 5.32 Å². The monoisotopic (exact) mass is 307 g/mol. The molecule has 1 aliphatic carbocycles. The van der Waals surface area contributed by atoms with Gasteiger partial charge in [0.15, 0.2) is 0 Å². The van der Waals surface area contributed by atoms with Crippen LogP contribution in [0.2, 0.25) is 0 Å². The zero-order chi connectivity index (χ0) is 15.2. The van der Waals surface area contributed by atoms with Crippen molar-refractivity contribution >= 4 is 10.8 Å². The molecule has 1 aromatic rings. The average Bonchev–Trinajstić information content (AvgIpc) is 2.95. The highest BCUT2D eigenvalue weighted by molar-refractivity contribution is 7.85. The topological polar surface area (TPSA) is 29.1 Å². The molecule has 0 radical (unpaired) electrons. The quantitative estimate of drug-likeness (QED) is 0.790. The summed E-state index contributed by atoms with van der Waals surface area (Å²) in [7, 11) is -0.909. The lowest BCUT2D eigenvalue weighted by molar-refractivity contribution is 0.458. The molecule has 0 bridgehead atoms. The van der Waals surface area contributed by atoms with Crippen molar-refractivity contribution in [2.45, 2.75) is 75.5 Å². The lowest BCUT2D eigenvalue weighted by Gasteiger charge is -2.26. The van der Waals surface area contributed by atoms with Gasteiger partial charge in [-0.25, -0.2) is 0 Å². The summed E-state index contributed by atoms with van der Waals surface area (Å²) in [5.41, 5.74) is 2.88. The van der Waals surface area contributed by atoms with Crippen LogP contribution in [0.25, 0.3) is 0 Å². The van der Waals surface area contributed by atoms with E-state index >= 15 is 0 Å². The maximum absolute atomic E-state index is 13.0. The van der Waals surface area contributed by atoms with Gasteiger partial charge in [0.05, 0.1) is 16.0 Å². The molecule has 21 heavy (non-hydrogen) atoms. The number of benzene rings is 1. The smallest absolute Gasteiger partial charge is 0.0576 e. The molecular weight excluding hydrogens is 278 g/mol. The largest absolute Gasteiger partial charge is 0.313 e. The van der Waals surface area contributed by atoms with Crippen LogP contribution in [0.5, 0.6) is 0 Å². The van der Waals surface area contributed by atoms with Gasteiger partial charge in [-0.3, -0.25) is 4.21 Å². The molecule has 0 aliphatic heterocycles. The minimum atomic E-state index is -0.909. The van der Waals surface area contributed by atoms with E-state index in [1.54, 1.807) is 0 Å². The molecule has 3 unspecified atom stereocenters. The molecule has 1 aliphatic rings. The van der Waals surface area contributed by atoms with Crippen molar-refractivity contribution in [2.75, 3.05) is 6.54 Å².